The molecule has 94 valence electrons. The molecule has 1 fully saturated rings. The lowest BCUT2D eigenvalue weighted by Gasteiger charge is -2.23. The van der Waals surface area contributed by atoms with Crippen LogP contribution in [0.5, 0.6) is 0 Å². The Hall–Kier alpha value is -0.940. The van der Waals surface area contributed by atoms with Crippen LogP contribution in [0.3, 0.4) is 0 Å². The second-order valence-electron chi connectivity index (χ2n) is 5.03. The van der Waals surface area contributed by atoms with Crippen molar-refractivity contribution in [2.75, 3.05) is 19.8 Å². The van der Waals surface area contributed by atoms with Gasteiger partial charge < -0.3 is 10.1 Å². The smallest absolute Gasteiger partial charge is 0.100 e. The van der Waals surface area contributed by atoms with E-state index in [0.29, 0.717) is 5.92 Å². The van der Waals surface area contributed by atoms with Crippen molar-refractivity contribution in [3.05, 3.63) is 11.4 Å². The molecule has 1 aromatic heterocycles. The Morgan fingerprint density at radius 1 is 1.47 bits per heavy atom. The molecule has 1 aromatic rings. The number of hydrogen-bond acceptors (Lipinski definition) is 4. The maximum Gasteiger partial charge on any atom is 0.100 e. The van der Waals surface area contributed by atoms with Crippen LogP contribution >= 0.6 is 0 Å². The molecule has 3 rings (SSSR count). The van der Waals surface area contributed by atoms with Crippen LogP contribution in [0.4, 0.5) is 0 Å². The van der Waals surface area contributed by atoms with Crippen LogP contribution in [0, 0.1) is 5.92 Å². The van der Waals surface area contributed by atoms with E-state index in [0.717, 1.165) is 44.5 Å². The Balaban J connectivity index is 1.79. The first kappa shape index (κ1) is 11.2. The predicted molar refractivity (Wildman–Crippen MR) is 63.7 cm³/mol. The maximum atomic E-state index is 5.57. The average Bonchev–Trinajstić information content (AvgIpc) is 3.07. The van der Waals surface area contributed by atoms with E-state index in [1.54, 1.807) is 0 Å². The second kappa shape index (κ2) is 4.74. The van der Waals surface area contributed by atoms with E-state index in [1.807, 2.05) is 6.92 Å². The van der Waals surface area contributed by atoms with E-state index in [2.05, 4.69) is 20.3 Å². The van der Waals surface area contributed by atoms with Gasteiger partial charge >= 0.3 is 0 Å². The fourth-order valence-corrected chi connectivity index (χ4v) is 2.47. The normalized spacial score (nSPS) is 23.7. The van der Waals surface area contributed by atoms with Gasteiger partial charge in [-0.05, 0) is 25.7 Å². The zero-order chi connectivity index (χ0) is 11.7. The Morgan fingerprint density at radius 2 is 2.35 bits per heavy atom. The van der Waals surface area contributed by atoms with Crippen molar-refractivity contribution in [1.29, 1.82) is 0 Å². The van der Waals surface area contributed by atoms with Crippen molar-refractivity contribution in [2.24, 2.45) is 5.92 Å². The van der Waals surface area contributed by atoms with Crippen LogP contribution in [0.2, 0.25) is 0 Å². The van der Waals surface area contributed by atoms with Crippen LogP contribution in [-0.2, 0) is 17.8 Å². The van der Waals surface area contributed by atoms with Crippen molar-refractivity contribution in [3.63, 3.8) is 0 Å². The van der Waals surface area contributed by atoms with Crippen LogP contribution in [0.15, 0.2) is 0 Å². The van der Waals surface area contributed by atoms with E-state index < -0.39 is 0 Å². The molecule has 5 nitrogen and oxygen atoms in total. The minimum absolute atomic E-state index is 0.410. The summed E-state index contributed by atoms with van der Waals surface area (Å²) < 4.78 is 7.69. The summed E-state index contributed by atoms with van der Waals surface area (Å²) in [6.45, 7) is 6.46. The molecule has 0 bridgehead atoms. The molecule has 1 aliphatic heterocycles. The Morgan fingerprint density at radius 3 is 3.12 bits per heavy atom. The topological polar surface area (TPSA) is 52.0 Å². The van der Waals surface area contributed by atoms with E-state index >= 15 is 0 Å². The van der Waals surface area contributed by atoms with Crippen LogP contribution in [-0.4, -0.2) is 34.8 Å². The van der Waals surface area contributed by atoms with Crippen LogP contribution in [0.1, 0.15) is 37.1 Å². The fraction of sp³-hybridized carbons (Fsp3) is 0.833. The molecule has 2 aliphatic rings. The first-order chi connectivity index (χ1) is 8.38. The first-order valence-corrected chi connectivity index (χ1v) is 6.59. The fourth-order valence-electron chi connectivity index (χ4n) is 2.47. The SMILES string of the molecule is CCOC[C@@H]1CNCc2nnn(CC3CC3)c21. The number of nitrogens with one attached hydrogen (secondary N) is 1. The van der Waals surface area contributed by atoms with Crippen LogP contribution in [0.25, 0.3) is 0 Å². The Labute approximate surface area is 102 Å². The van der Waals surface area contributed by atoms with Gasteiger partial charge in [-0.3, -0.25) is 0 Å². The lowest BCUT2D eigenvalue weighted by molar-refractivity contribution is 0.126. The molecule has 2 heterocycles. The predicted octanol–water partition coefficient (Wildman–Crippen LogP) is 0.911. The maximum absolute atomic E-state index is 5.57. The summed E-state index contributed by atoms with van der Waals surface area (Å²) in [6, 6.07) is 0. The molecule has 0 amide bonds. The lowest BCUT2D eigenvalue weighted by Crippen LogP contribution is -2.32. The minimum atomic E-state index is 0.410. The van der Waals surface area contributed by atoms with Crippen molar-refractivity contribution in [2.45, 2.75) is 38.8 Å². The largest absolute Gasteiger partial charge is 0.381 e. The zero-order valence-corrected chi connectivity index (χ0v) is 10.4. The highest BCUT2D eigenvalue weighted by molar-refractivity contribution is 5.19. The number of nitrogens with zero attached hydrogens (tertiary/aromatic N) is 3. The van der Waals surface area contributed by atoms with Gasteiger partial charge in [0.25, 0.3) is 0 Å². The Bertz CT molecular complexity index is 386. The summed E-state index contributed by atoms with van der Waals surface area (Å²) in [5, 5.41) is 12.0. The summed E-state index contributed by atoms with van der Waals surface area (Å²) in [5.74, 6) is 1.25. The first-order valence-electron chi connectivity index (χ1n) is 6.59. The molecule has 5 heteroatoms. The molecule has 17 heavy (non-hydrogen) atoms. The highest BCUT2D eigenvalue weighted by Crippen LogP contribution is 2.32. The van der Waals surface area contributed by atoms with E-state index in [9.17, 15) is 0 Å². The van der Waals surface area contributed by atoms with E-state index in [-0.39, 0.29) is 0 Å². The molecule has 1 aliphatic carbocycles. The Kier molecular flexibility index (Phi) is 3.11. The highest BCUT2D eigenvalue weighted by Gasteiger charge is 2.29. The molecule has 0 unspecified atom stereocenters. The van der Waals surface area contributed by atoms with Gasteiger partial charge in [0.15, 0.2) is 0 Å². The third-order valence-electron chi connectivity index (χ3n) is 3.57. The molecular weight excluding hydrogens is 216 g/mol. The number of aromatic nitrogens is 3. The van der Waals surface area contributed by atoms with Crippen molar-refractivity contribution >= 4 is 0 Å². The van der Waals surface area contributed by atoms with Crippen molar-refractivity contribution in [1.82, 2.24) is 20.3 Å². The summed E-state index contributed by atoms with van der Waals surface area (Å²) in [4.78, 5) is 0. The number of fused-ring (bicyclic) bond motifs is 1. The van der Waals surface area contributed by atoms with Gasteiger partial charge in [0.2, 0.25) is 0 Å². The lowest BCUT2D eigenvalue weighted by atomic mass is 10.0. The quantitative estimate of drug-likeness (QED) is 0.825. The van der Waals surface area contributed by atoms with Crippen molar-refractivity contribution < 1.29 is 4.74 Å². The van der Waals surface area contributed by atoms with Gasteiger partial charge in [-0.15, -0.1) is 5.10 Å². The van der Waals surface area contributed by atoms with Gasteiger partial charge in [0, 0.05) is 32.2 Å². The molecule has 1 atom stereocenters. The summed E-state index contributed by atoms with van der Waals surface area (Å²) >= 11 is 0. The highest BCUT2D eigenvalue weighted by atomic mass is 16.5. The molecule has 1 saturated carbocycles. The van der Waals surface area contributed by atoms with Crippen LogP contribution < -0.4 is 5.32 Å². The molecule has 0 radical (unpaired) electrons. The second-order valence-corrected chi connectivity index (χ2v) is 5.03. The standard InChI is InChI=1S/C12H20N4O/c1-2-17-8-10-5-13-6-11-12(10)16(15-14-11)7-9-3-4-9/h9-10,13H,2-8H2,1H3/t10-/m0/s1. The van der Waals surface area contributed by atoms with Gasteiger partial charge in [0.1, 0.15) is 5.69 Å². The molecular formula is C12H20N4O. The third kappa shape index (κ3) is 2.35. The molecule has 0 saturated heterocycles. The summed E-state index contributed by atoms with van der Waals surface area (Å²) in [5.41, 5.74) is 2.42. The zero-order valence-electron chi connectivity index (χ0n) is 10.4. The number of hydrogen-bond donors (Lipinski definition) is 1. The van der Waals surface area contributed by atoms with Gasteiger partial charge in [0.05, 0.1) is 12.3 Å². The number of ether oxygens (including phenoxy) is 1. The van der Waals surface area contributed by atoms with Gasteiger partial charge in [-0.2, -0.15) is 0 Å². The molecule has 0 aromatic carbocycles. The van der Waals surface area contributed by atoms with Gasteiger partial charge in [-0.1, -0.05) is 5.21 Å². The minimum Gasteiger partial charge on any atom is -0.381 e. The summed E-state index contributed by atoms with van der Waals surface area (Å²) in [7, 11) is 0. The monoisotopic (exact) mass is 236 g/mol. The van der Waals surface area contributed by atoms with E-state index in [4.69, 9.17) is 4.74 Å². The average molecular weight is 236 g/mol. The molecule has 0 spiro atoms. The third-order valence-corrected chi connectivity index (χ3v) is 3.57. The molecule has 1 N–H and O–H groups in total. The van der Waals surface area contributed by atoms with Crippen molar-refractivity contribution in [3.8, 4) is 0 Å². The summed E-state index contributed by atoms with van der Waals surface area (Å²) in [6.07, 6.45) is 2.70. The van der Waals surface area contributed by atoms with Gasteiger partial charge in [-0.25, -0.2) is 4.68 Å². The number of rotatable bonds is 5. The van der Waals surface area contributed by atoms with E-state index in [1.165, 1.54) is 18.5 Å².